The number of nitrogens with one attached hydrogen (secondary N) is 1. The first kappa shape index (κ1) is 18.5. The van der Waals surface area contributed by atoms with Gasteiger partial charge >= 0.3 is 0 Å². The van der Waals surface area contributed by atoms with Gasteiger partial charge in [-0.25, -0.2) is 9.37 Å². The van der Waals surface area contributed by atoms with Crippen molar-refractivity contribution in [2.24, 2.45) is 11.1 Å². The molecule has 2 amide bonds. The van der Waals surface area contributed by atoms with E-state index in [0.29, 0.717) is 29.9 Å². The van der Waals surface area contributed by atoms with E-state index in [1.54, 1.807) is 24.4 Å². The van der Waals surface area contributed by atoms with E-state index in [2.05, 4.69) is 10.3 Å². The Hall–Kier alpha value is -2.90. The van der Waals surface area contributed by atoms with E-state index in [1.807, 2.05) is 13.8 Å². The lowest BCUT2D eigenvalue weighted by atomic mass is 9.96. The average Bonchev–Trinajstić information content (AvgIpc) is 3.40. The van der Waals surface area contributed by atoms with E-state index < -0.39 is 23.4 Å². The minimum atomic E-state index is -1.48. The largest absolute Gasteiger partial charge is 0.490 e. The SMILES string of the molecule is CC(C)Oc1cc2c(OCC3NC(=O)C(F)C34CC4)nccc2cc1C(N)=O. The highest BCUT2D eigenvalue weighted by Gasteiger charge is 2.63. The molecule has 2 aromatic rings. The summed E-state index contributed by atoms with van der Waals surface area (Å²) in [5, 5.41) is 4.05. The quantitative estimate of drug-likeness (QED) is 0.790. The molecule has 0 radical (unpaired) electrons. The molecule has 1 aliphatic heterocycles. The topological polar surface area (TPSA) is 104 Å². The summed E-state index contributed by atoms with van der Waals surface area (Å²) in [6.45, 7) is 3.82. The van der Waals surface area contributed by atoms with Gasteiger partial charge in [0, 0.05) is 17.0 Å². The van der Waals surface area contributed by atoms with E-state index in [9.17, 15) is 14.0 Å². The molecule has 148 valence electrons. The second-order valence-electron chi connectivity index (χ2n) is 7.68. The Morgan fingerprint density at radius 3 is 2.82 bits per heavy atom. The molecule has 2 aliphatic rings. The van der Waals surface area contributed by atoms with Gasteiger partial charge in [-0.1, -0.05) is 0 Å². The summed E-state index contributed by atoms with van der Waals surface area (Å²) in [5.41, 5.74) is 5.11. The fourth-order valence-electron chi connectivity index (χ4n) is 3.78. The lowest BCUT2D eigenvalue weighted by molar-refractivity contribution is -0.124. The minimum Gasteiger partial charge on any atom is -0.490 e. The number of carbonyl (C=O) groups is 2. The maximum Gasteiger partial charge on any atom is 0.255 e. The molecule has 1 saturated carbocycles. The Kier molecular flexibility index (Phi) is 4.36. The van der Waals surface area contributed by atoms with Gasteiger partial charge in [-0.2, -0.15) is 0 Å². The second kappa shape index (κ2) is 6.61. The second-order valence-corrected chi connectivity index (χ2v) is 7.68. The first-order valence-corrected chi connectivity index (χ1v) is 9.28. The number of rotatable bonds is 6. The highest BCUT2D eigenvalue weighted by Crippen LogP contribution is 2.55. The summed E-state index contributed by atoms with van der Waals surface area (Å²) in [6, 6.07) is 4.67. The highest BCUT2D eigenvalue weighted by molar-refractivity contribution is 6.01. The Bertz CT molecular complexity index is 958. The zero-order valence-electron chi connectivity index (χ0n) is 15.7. The molecule has 2 heterocycles. The van der Waals surface area contributed by atoms with Crippen molar-refractivity contribution in [3.8, 4) is 11.6 Å². The number of halogens is 1. The molecule has 28 heavy (non-hydrogen) atoms. The normalized spacial score (nSPS) is 22.5. The van der Waals surface area contributed by atoms with Crippen LogP contribution in [-0.2, 0) is 4.79 Å². The molecule has 2 fully saturated rings. The molecule has 3 N–H and O–H groups in total. The van der Waals surface area contributed by atoms with Crippen LogP contribution in [0.4, 0.5) is 4.39 Å². The monoisotopic (exact) mass is 387 g/mol. The van der Waals surface area contributed by atoms with Gasteiger partial charge in [0.05, 0.1) is 17.7 Å². The average molecular weight is 387 g/mol. The summed E-state index contributed by atoms with van der Waals surface area (Å²) in [6.07, 6.45) is 1.26. The van der Waals surface area contributed by atoms with E-state index in [1.165, 1.54) is 0 Å². The molecule has 1 spiro atoms. The number of nitrogens with two attached hydrogens (primary N) is 1. The van der Waals surface area contributed by atoms with Gasteiger partial charge in [0.2, 0.25) is 5.88 Å². The van der Waals surface area contributed by atoms with Gasteiger partial charge in [0.15, 0.2) is 6.17 Å². The van der Waals surface area contributed by atoms with Crippen molar-refractivity contribution in [2.45, 2.75) is 45.0 Å². The van der Waals surface area contributed by atoms with Crippen molar-refractivity contribution >= 4 is 22.6 Å². The van der Waals surface area contributed by atoms with Crippen LogP contribution in [0.1, 0.15) is 37.0 Å². The van der Waals surface area contributed by atoms with E-state index >= 15 is 0 Å². The first-order chi connectivity index (χ1) is 13.3. The number of hydrogen-bond donors (Lipinski definition) is 2. The third-order valence-corrected chi connectivity index (χ3v) is 5.42. The zero-order valence-corrected chi connectivity index (χ0v) is 15.7. The number of hydrogen-bond acceptors (Lipinski definition) is 5. The molecule has 1 aromatic heterocycles. The van der Waals surface area contributed by atoms with Crippen LogP contribution < -0.4 is 20.5 Å². The summed E-state index contributed by atoms with van der Waals surface area (Å²) in [7, 11) is 0. The van der Waals surface area contributed by atoms with Crippen molar-refractivity contribution in [1.29, 1.82) is 0 Å². The smallest absolute Gasteiger partial charge is 0.255 e. The number of aromatic nitrogens is 1. The van der Waals surface area contributed by atoms with Crippen LogP contribution in [0.25, 0.3) is 10.8 Å². The number of amides is 2. The maximum absolute atomic E-state index is 14.1. The van der Waals surface area contributed by atoms with Gasteiger partial charge < -0.3 is 20.5 Å². The maximum atomic E-state index is 14.1. The van der Waals surface area contributed by atoms with Crippen molar-refractivity contribution in [1.82, 2.24) is 10.3 Å². The molecule has 8 heteroatoms. The lowest BCUT2D eigenvalue weighted by Gasteiger charge is -2.19. The Morgan fingerprint density at radius 2 is 2.18 bits per heavy atom. The number of alkyl halides is 1. The number of primary amides is 1. The number of fused-ring (bicyclic) bond motifs is 1. The molecule has 0 bridgehead atoms. The van der Waals surface area contributed by atoms with Crippen LogP contribution in [-0.4, -0.2) is 41.7 Å². The van der Waals surface area contributed by atoms with Gasteiger partial charge in [0.1, 0.15) is 12.4 Å². The van der Waals surface area contributed by atoms with Crippen molar-refractivity contribution in [2.75, 3.05) is 6.61 Å². The molecule has 1 aliphatic carbocycles. The molecular formula is C20H22FN3O4. The molecule has 1 saturated heterocycles. The molecule has 7 nitrogen and oxygen atoms in total. The van der Waals surface area contributed by atoms with Gasteiger partial charge in [-0.15, -0.1) is 0 Å². The highest BCUT2D eigenvalue weighted by atomic mass is 19.1. The van der Waals surface area contributed by atoms with Crippen molar-refractivity contribution in [3.05, 3.63) is 30.0 Å². The van der Waals surface area contributed by atoms with E-state index in [0.717, 1.165) is 5.39 Å². The number of ether oxygens (including phenoxy) is 2. The van der Waals surface area contributed by atoms with Crippen molar-refractivity contribution < 1.29 is 23.5 Å². The van der Waals surface area contributed by atoms with Crippen LogP contribution in [0.5, 0.6) is 11.6 Å². The standard InChI is InChI=1S/C20H22FN3O4/c1-10(2)28-14-8-12-11(7-13(14)17(22)25)3-6-23-19(12)27-9-15-20(4-5-20)16(21)18(26)24-15/h3,6-8,10,15-16H,4-5,9H2,1-2H3,(H2,22,25)(H,24,26). The van der Waals surface area contributed by atoms with Crippen LogP contribution in [0.15, 0.2) is 24.4 Å². The first-order valence-electron chi connectivity index (χ1n) is 9.28. The predicted molar refractivity (Wildman–Crippen MR) is 100 cm³/mol. The zero-order chi connectivity index (χ0) is 20.1. The summed E-state index contributed by atoms with van der Waals surface area (Å²) < 4.78 is 25.7. The Balaban J connectivity index is 1.64. The predicted octanol–water partition coefficient (Wildman–Crippen LogP) is 2.12. The minimum absolute atomic E-state index is 0.121. The van der Waals surface area contributed by atoms with Gasteiger partial charge in [0.25, 0.3) is 11.8 Å². The fourth-order valence-corrected chi connectivity index (χ4v) is 3.78. The van der Waals surface area contributed by atoms with Crippen LogP contribution >= 0.6 is 0 Å². The molecule has 2 unspecified atom stereocenters. The summed E-state index contributed by atoms with van der Waals surface area (Å²) >= 11 is 0. The van der Waals surface area contributed by atoms with Crippen molar-refractivity contribution in [3.63, 3.8) is 0 Å². The summed E-state index contributed by atoms with van der Waals surface area (Å²) in [5.74, 6) is -0.482. The van der Waals surface area contributed by atoms with Gasteiger partial charge in [-0.3, -0.25) is 9.59 Å². The molecule has 2 atom stereocenters. The van der Waals surface area contributed by atoms with Crippen LogP contribution in [0.3, 0.4) is 0 Å². The number of pyridine rings is 1. The van der Waals surface area contributed by atoms with Gasteiger partial charge in [-0.05, 0) is 50.3 Å². The summed E-state index contributed by atoms with van der Waals surface area (Å²) in [4.78, 5) is 27.8. The molecule has 4 rings (SSSR count). The lowest BCUT2D eigenvalue weighted by Crippen LogP contribution is -2.36. The molecule has 1 aromatic carbocycles. The number of benzene rings is 1. The van der Waals surface area contributed by atoms with E-state index in [4.69, 9.17) is 15.2 Å². The van der Waals surface area contributed by atoms with Crippen LogP contribution in [0, 0.1) is 5.41 Å². The third kappa shape index (κ3) is 3.02. The Morgan fingerprint density at radius 1 is 1.43 bits per heavy atom. The number of nitrogens with zero attached hydrogens (tertiary/aromatic N) is 1. The Labute approximate surface area is 161 Å². The molecular weight excluding hydrogens is 365 g/mol. The third-order valence-electron chi connectivity index (χ3n) is 5.42. The fraction of sp³-hybridized carbons (Fsp3) is 0.450. The number of carbonyl (C=O) groups excluding carboxylic acids is 2. The van der Waals surface area contributed by atoms with Crippen LogP contribution in [0.2, 0.25) is 0 Å². The van der Waals surface area contributed by atoms with E-state index in [-0.39, 0.29) is 24.3 Å².